The van der Waals surface area contributed by atoms with Crippen LogP contribution >= 0.6 is 0 Å². The van der Waals surface area contributed by atoms with E-state index in [0.717, 1.165) is 29.7 Å². The van der Waals surface area contributed by atoms with Gasteiger partial charge in [0.15, 0.2) is 0 Å². The van der Waals surface area contributed by atoms with Gasteiger partial charge in [0.05, 0.1) is 23.1 Å². The molecule has 2 aromatic carbocycles. The molecule has 3 aromatic rings. The molecule has 1 atom stereocenters. The highest BCUT2D eigenvalue weighted by Crippen LogP contribution is 2.42. The summed E-state index contributed by atoms with van der Waals surface area (Å²) in [6.07, 6.45) is 5.10. The molecule has 1 fully saturated rings. The first-order valence-electron chi connectivity index (χ1n) is 12.4. The molecule has 0 N–H and O–H groups in total. The second-order valence-corrected chi connectivity index (χ2v) is 10.4. The molecule has 1 aromatic heterocycles. The van der Waals surface area contributed by atoms with Crippen LogP contribution in [0.3, 0.4) is 0 Å². The van der Waals surface area contributed by atoms with Crippen molar-refractivity contribution in [3.05, 3.63) is 88.7 Å². The van der Waals surface area contributed by atoms with Crippen molar-refractivity contribution < 1.29 is 9.59 Å². The van der Waals surface area contributed by atoms with Crippen molar-refractivity contribution in [3.63, 3.8) is 0 Å². The molecule has 0 spiro atoms. The summed E-state index contributed by atoms with van der Waals surface area (Å²) in [6, 6.07) is 19.3. The molecule has 184 valence electrons. The van der Waals surface area contributed by atoms with Crippen LogP contribution in [0.4, 0.5) is 11.4 Å². The SMILES string of the molecule is CC1(C)CN(C(=O)[C@H]2CC(=O)N(c3cccc(C#N)c3)C2)c2ccc(CCc3cncc(C#N)c3)cc21. The zero-order valence-corrected chi connectivity index (χ0v) is 20.9. The first-order valence-corrected chi connectivity index (χ1v) is 12.4. The van der Waals surface area contributed by atoms with E-state index in [2.05, 4.69) is 43.1 Å². The van der Waals surface area contributed by atoms with Crippen molar-refractivity contribution in [2.45, 2.75) is 38.5 Å². The summed E-state index contributed by atoms with van der Waals surface area (Å²) in [4.78, 5) is 34.1. The Kier molecular flexibility index (Phi) is 6.23. The fraction of sp³-hybridized carbons (Fsp3) is 0.300. The van der Waals surface area contributed by atoms with Crippen molar-refractivity contribution in [2.75, 3.05) is 22.9 Å². The van der Waals surface area contributed by atoms with Gasteiger partial charge in [0.1, 0.15) is 6.07 Å². The van der Waals surface area contributed by atoms with Gasteiger partial charge in [-0.1, -0.05) is 32.0 Å². The fourth-order valence-corrected chi connectivity index (χ4v) is 5.34. The lowest BCUT2D eigenvalue weighted by Gasteiger charge is -2.23. The number of hydrogen-bond acceptors (Lipinski definition) is 5. The van der Waals surface area contributed by atoms with E-state index < -0.39 is 5.92 Å². The molecule has 0 aliphatic carbocycles. The number of nitriles is 2. The van der Waals surface area contributed by atoms with Crippen LogP contribution in [0.5, 0.6) is 0 Å². The molecule has 0 saturated carbocycles. The second-order valence-electron chi connectivity index (χ2n) is 10.4. The van der Waals surface area contributed by atoms with Gasteiger partial charge in [-0.25, -0.2) is 0 Å². The molecular weight excluding hydrogens is 462 g/mol. The van der Waals surface area contributed by atoms with Gasteiger partial charge >= 0.3 is 0 Å². The third-order valence-corrected chi connectivity index (χ3v) is 7.29. The van der Waals surface area contributed by atoms with Crippen LogP contribution in [-0.4, -0.2) is 29.9 Å². The molecule has 7 nitrogen and oxygen atoms in total. The predicted octanol–water partition coefficient (Wildman–Crippen LogP) is 4.29. The first-order chi connectivity index (χ1) is 17.8. The Balaban J connectivity index is 1.33. The molecule has 3 heterocycles. The van der Waals surface area contributed by atoms with E-state index in [9.17, 15) is 14.9 Å². The van der Waals surface area contributed by atoms with Gasteiger partial charge in [-0.3, -0.25) is 14.6 Å². The average Bonchev–Trinajstić information content (AvgIpc) is 3.43. The molecule has 5 rings (SSSR count). The smallest absolute Gasteiger partial charge is 0.232 e. The van der Waals surface area contributed by atoms with Crippen molar-refractivity contribution in [3.8, 4) is 12.1 Å². The van der Waals surface area contributed by atoms with Crippen LogP contribution in [0.2, 0.25) is 0 Å². The summed E-state index contributed by atoms with van der Waals surface area (Å²) in [5.41, 5.74) is 5.71. The number of anilines is 2. The molecular formula is C30H27N5O2. The summed E-state index contributed by atoms with van der Waals surface area (Å²) in [5.74, 6) is -0.566. The van der Waals surface area contributed by atoms with E-state index in [4.69, 9.17) is 5.26 Å². The summed E-state index contributed by atoms with van der Waals surface area (Å²) in [6.45, 7) is 5.16. The summed E-state index contributed by atoms with van der Waals surface area (Å²) >= 11 is 0. The van der Waals surface area contributed by atoms with E-state index >= 15 is 0 Å². The predicted molar refractivity (Wildman–Crippen MR) is 140 cm³/mol. The van der Waals surface area contributed by atoms with Crippen molar-refractivity contribution in [1.82, 2.24) is 4.98 Å². The zero-order valence-electron chi connectivity index (χ0n) is 20.9. The summed E-state index contributed by atoms with van der Waals surface area (Å²) < 4.78 is 0. The van der Waals surface area contributed by atoms with Crippen LogP contribution in [0.25, 0.3) is 0 Å². The highest BCUT2D eigenvalue weighted by atomic mass is 16.2. The van der Waals surface area contributed by atoms with Gasteiger partial charge < -0.3 is 9.80 Å². The number of nitrogens with zero attached hydrogens (tertiary/aromatic N) is 5. The third kappa shape index (κ3) is 4.69. The van der Waals surface area contributed by atoms with E-state index in [0.29, 0.717) is 29.9 Å². The number of carbonyl (C=O) groups excluding carboxylic acids is 2. The standard InChI is InChI=1S/C30H27N5O2/c1-30(2)19-35(29(37)24-13-28(36)34(18-24)25-5-3-4-21(11-25)14-31)27-9-8-20(12-26(27)30)6-7-22-10-23(15-32)17-33-16-22/h3-5,8-12,16-17,24H,6-7,13,18-19H2,1-2H3/t24-/m0/s1. The molecule has 0 bridgehead atoms. The van der Waals surface area contributed by atoms with E-state index in [-0.39, 0.29) is 23.7 Å². The quantitative estimate of drug-likeness (QED) is 0.532. The van der Waals surface area contributed by atoms with Crippen LogP contribution in [-0.2, 0) is 27.8 Å². The Morgan fingerprint density at radius 1 is 1.03 bits per heavy atom. The lowest BCUT2D eigenvalue weighted by atomic mass is 9.85. The van der Waals surface area contributed by atoms with Crippen LogP contribution in [0.15, 0.2) is 60.9 Å². The Labute approximate surface area is 216 Å². The fourth-order valence-electron chi connectivity index (χ4n) is 5.34. The molecule has 2 aliphatic heterocycles. The number of rotatable bonds is 5. The molecule has 37 heavy (non-hydrogen) atoms. The molecule has 0 unspecified atom stereocenters. The average molecular weight is 490 g/mol. The number of benzene rings is 2. The minimum absolute atomic E-state index is 0.0359. The molecule has 2 amide bonds. The van der Waals surface area contributed by atoms with Crippen LogP contribution in [0, 0.1) is 28.6 Å². The number of fused-ring (bicyclic) bond motifs is 1. The minimum Gasteiger partial charge on any atom is -0.312 e. The van der Waals surface area contributed by atoms with Crippen LogP contribution in [0.1, 0.15) is 48.1 Å². The highest BCUT2D eigenvalue weighted by molar-refractivity contribution is 6.05. The lowest BCUT2D eigenvalue weighted by Crippen LogP contribution is -2.39. The Bertz CT molecular complexity index is 1480. The third-order valence-electron chi connectivity index (χ3n) is 7.29. The number of hydrogen-bond donors (Lipinski definition) is 0. The number of aryl methyl sites for hydroxylation is 2. The number of carbonyl (C=O) groups is 2. The van der Waals surface area contributed by atoms with E-state index in [1.165, 1.54) is 5.56 Å². The van der Waals surface area contributed by atoms with Gasteiger partial charge in [0, 0.05) is 48.7 Å². The van der Waals surface area contributed by atoms with Crippen molar-refractivity contribution in [1.29, 1.82) is 10.5 Å². The number of aromatic nitrogens is 1. The zero-order chi connectivity index (χ0) is 26.2. The van der Waals surface area contributed by atoms with E-state index in [1.54, 1.807) is 41.6 Å². The van der Waals surface area contributed by atoms with Crippen molar-refractivity contribution in [2.24, 2.45) is 5.92 Å². The number of pyridine rings is 1. The maximum Gasteiger partial charge on any atom is 0.232 e. The molecule has 0 radical (unpaired) electrons. The Hall–Kier alpha value is -4.49. The van der Waals surface area contributed by atoms with Gasteiger partial charge in [0.2, 0.25) is 11.8 Å². The topological polar surface area (TPSA) is 101 Å². The van der Waals surface area contributed by atoms with E-state index in [1.807, 2.05) is 17.0 Å². The Morgan fingerprint density at radius 2 is 1.81 bits per heavy atom. The summed E-state index contributed by atoms with van der Waals surface area (Å²) in [5, 5.41) is 18.3. The van der Waals surface area contributed by atoms with Gasteiger partial charge in [-0.15, -0.1) is 0 Å². The molecule has 2 aliphatic rings. The first kappa shape index (κ1) is 24.2. The maximum absolute atomic E-state index is 13.7. The lowest BCUT2D eigenvalue weighted by molar-refractivity contribution is -0.124. The molecule has 1 saturated heterocycles. The highest BCUT2D eigenvalue weighted by Gasteiger charge is 2.43. The largest absolute Gasteiger partial charge is 0.312 e. The van der Waals surface area contributed by atoms with Gasteiger partial charge in [0.25, 0.3) is 0 Å². The normalized spacial score (nSPS) is 17.8. The maximum atomic E-state index is 13.7. The van der Waals surface area contributed by atoms with Gasteiger partial charge in [-0.05, 0) is 59.9 Å². The van der Waals surface area contributed by atoms with Crippen molar-refractivity contribution >= 4 is 23.2 Å². The monoisotopic (exact) mass is 489 g/mol. The van der Waals surface area contributed by atoms with Gasteiger partial charge in [-0.2, -0.15) is 10.5 Å². The number of amides is 2. The Morgan fingerprint density at radius 3 is 2.59 bits per heavy atom. The molecule has 7 heteroatoms. The second kappa shape index (κ2) is 9.52. The summed E-state index contributed by atoms with van der Waals surface area (Å²) in [7, 11) is 0. The minimum atomic E-state index is -0.431. The van der Waals surface area contributed by atoms with Crippen LogP contribution < -0.4 is 9.80 Å².